The summed E-state index contributed by atoms with van der Waals surface area (Å²) in [7, 11) is 19.4. The molecule has 8 rings (SSSR count). The number of hydrogen-bond donors (Lipinski definition) is 1. The van der Waals surface area contributed by atoms with Crippen LogP contribution in [0.3, 0.4) is 0 Å². The quantitative estimate of drug-likeness (QED) is 0.0455. The number of carbonyl (C=O) groups is 8. The Morgan fingerprint density at radius 1 is 0.400 bits per heavy atom. The molecule has 0 amide bonds. The Bertz CT molecular complexity index is 3900. The van der Waals surface area contributed by atoms with E-state index in [1.165, 1.54) is 54.8 Å². The van der Waals surface area contributed by atoms with E-state index in [1.807, 2.05) is 0 Å². The van der Waals surface area contributed by atoms with Gasteiger partial charge in [0.25, 0.3) is 0 Å². The van der Waals surface area contributed by atoms with Crippen molar-refractivity contribution in [2.75, 3.05) is 127 Å². The Morgan fingerprint density at radius 2 is 0.779 bits per heavy atom. The highest BCUT2D eigenvalue weighted by Gasteiger charge is 2.57. The lowest BCUT2D eigenvalue weighted by atomic mass is 9.72. The highest BCUT2D eigenvalue weighted by Crippen LogP contribution is 2.66. The molecule has 5 atom stereocenters. The highest BCUT2D eigenvalue weighted by atomic mass is 16.6. The van der Waals surface area contributed by atoms with Gasteiger partial charge in [0, 0.05) is 65.3 Å². The van der Waals surface area contributed by atoms with Crippen molar-refractivity contribution in [1.82, 2.24) is 0 Å². The number of benzene rings is 5. The van der Waals surface area contributed by atoms with Crippen molar-refractivity contribution < 1.29 is 148 Å². The van der Waals surface area contributed by atoms with Gasteiger partial charge >= 0.3 is 47.8 Å². The van der Waals surface area contributed by atoms with Gasteiger partial charge in [0.15, 0.2) is 81.9 Å². The maximum Gasteiger partial charge on any atom is 0.340 e. The maximum absolute atomic E-state index is 17.0. The molecule has 95 heavy (non-hydrogen) atoms. The molecule has 31 heteroatoms. The molecule has 3 heterocycles. The zero-order valence-electron chi connectivity index (χ0n) is 55.4. The Labute approximate surface area is 543 Å². The molecule has 0 aliphatic carbocycles. The molecular formula is C64H70O31. The third-order valence-electron chi connectivity index (χ3n) is 15.4. The maximum atomic E-state index is 17.0. The molecule has 0 spiro atoms. The summed E-state index contributed by atoms with van der Waals surface area (Å²) >= 11 is 0. The summed E-state index contributed by atoms with van der Waals surface area (Å²) in [5, 5.41) is 13.5. The van der Waals surface area contributed by atoms with Gasteiger partial charge in [0.1, 0.15) is 6.61 Å². The van der Waals surface area contributed by atoms with Gasteiger partial charge in [-0.25, -0.2) is 24.0 Å². The van der Waals surface area contributed by atoms with Crippen LogP contribution in [0.1, 0.15) is 89.6 Å². The Morgan fingerprint density at radius 3 is 1.19 bits per heavy atom. The number of hydrogen-bond acceptors (Lipinski definition) is 31. The van der Waals surface area contributed by atoms with Crippen LogP contribution in [0.4, 0.5) is 0 Å². The van der Waals surface area contributed by atoms with Gasteiger partial charge < -0.3 is 109 Å². The molecule has 0 aromatic heterocycles. The summed E-state index contributed by atoms with van der Waals surface area (Å²) in [6.45, 7) is 1.79. The monoisotopic (exact) mass is 1330 g/mol. The average Bonchev–Trinajstić information content (AvgIpc) is 0.694. The molecule has 0 fully saturated rings. The number of aromatic hydroxyl groups is 1. The third-order valence-corrected chi connectivity index (χ3v) is 15.4. The largest absolute Gasteiger partial charge is 0.504 e. The summed E-state index contributed by atoms with van der Waals surface area (Å²) in [6, 6.07) is 2.37. The van der Waals surface area contributed by atoms with E-state index in [2.05, 4.69) is 0 Å². The third kappa shape index (κ3) is 12.1. The van der Waals surface area contributed by atoms with Crippen LogP contribution in [0.25, 0.3) is 33.4 Å². The van der Waals surface area contributed by atoms with Gasteiger partial charge in [-0.3, -0.25) is 14.4 Å². The number of phenols is 1. The van der Waals surface area contributed by atoms with E-state index >= 15 is 14.4 Å². The first-order valence-corrected chi connectivity index (χ1v) is 28.0. The van der Waals surface area contributed by atoms with Crippen molar-refractivity contribution in [3.8, 4) is 120 Å². The van der Waals surface area contributed by atoms with Crippen LogP contribution in [0.15, 0.2) is 12.1 Å². The van der Waals surface area contributed by atoms with Crippen molar-refractivity contribution in [1.29, 1.82) is 0 Å². The molecular weight excluding hydrogens is 1260 g/mol. The van der Waals surface area contributed by atoms with Crippen LogP contribution in [0, 0.1) is 0 Å². The minimum Gasteiger partial charge on any atom is -0.504 e. The summed E-state index contributed by atoms with van der Waals surface area (Å²) in [4.78, 5) is 118. The van der Waals surface area contributed by atoms with Gasteiger partial charge in [-0.05, 0) is 12.1 Å². The smallest absolute Gasteiger partial charge is 0.340 e. The van der Waals surface area contributed by atoms with Crippen molar-refractivity contribution in [3.05, 3.63) is 51.1 Å². The molecule has 3 aliphatic heterocycles. The summed E-state index contributed by atoms with van der Waals surface area (Å²) in [5.41, 5.74) is -7.33. The molecule has 0 saturated carbocycles. The predicted molar refractivity (Wildman–Crippen MR) is 325 cm³/mol. The molecule has 31 nitrogen and oxygen atoms in total. The average molecular weight is 1340 g/mol. The van der Waals surface area contributed by atoms with Gasteiger partial charge in [0.2, 0.25) is 28.7 Å². The number of methoxy groups -OCH3 is 17. The molecule has 5 aromatic carbocycles. The van der Waals surface area contributed by atoms with Crippen molar-refractivity contribution in [2.24, 2.45) is 0 Å². The Kier molecular flexibility index (Phi) is 22.2. The van der Waals surface area contributed by atoms with Crippen molar-refractivity contribution >= 4 is 47.8 Å². The van der Waals surface area contributed by atoms with Gasteiger partial charge in [-0.15, -0.1) is 0 Å². The lowest BCUT2D eigenvalue weighted by molar-refractivity contribution is -0.190. The molecule has 1 N–H and O–H groups in total. The zero-order chi connectivity index (χ0) is 70.3. The first kappa shape index (κ1) is 71.3. The minimum absolute atomic E-state index is 0.106. The lowest BCUT2D eigenvalue weighted by Crippen LogP contribution is -2.56. The lowest BCUT2D eigenvalue weighted by Gasteiger charge is -2.43. The SMILES string of the molecule is COC(=O)c1cc(OC)c(OC)c(OC)c1-c1c(OC)c(OC)c(OC)c2c1C(=O)O[C@@H]([C@H](OC(C)=O)[C@@H](COC(C)=O)OC(C)=O)[C@H]1OC(=O)c3c-2c(OC)c(OC)c(O)c3[C@@H]1c1c(OC)c(OC)c(OC)c(-c2c(C(=O)OC)cc(OC)c(OC)c2OC)c1C(=O)OC. The normalized spacial score (nSPS) is 14.9. The van der Waals surface area contributed by atoms with E-state index in [9.17, 15) is 29.1 Å². The second-order valence-corrected chi connectivity index (χ2v) is 19.9. The number of fused-ring (bicyclic) bond motifs is 3. The van der Waals surface area contributed by atoms with Crippen LogP contribution < -0.4 is 66.3 Å². The summed E-state index contributed by atoms with van der Waals surface area (Å²) < 4.78 is 131. The molecule has 4 bridgehead atoms. The molecule has 0 unspecified atom stereocenters. The second-order valence-electron chi connectivity index (χ2n) is 19.9. The minimum atomic E-state index is -2.57. The number of esters is 8. The van der Waals surface area contributed by atoms with Crippen LogP contribution in [0.5, 0.6) is 86.2 Å². The molecule has 0 radical (unpaired) electrons. The fourth-order valence-corrected chi connectivity index (χ4v) is 11.9. The van der Waals surface area contributed by atoms with Crippen LogP contribution in [-0.2, 0) is 52.3 Å². The number of ether oxygens (including phenoxy) is 22. The molecule has 3 aliphatic rings. The topological polar surface area (TPSA) is 360 Å². The van der Waals surface area contributed by atoms with E-state index in [-0.39, 0.29) is 40.1 Å². The Balaban J connectivity index is 2.00. The zero-order valence-corrected chi connectivity index (χ0v) is 55.4. The fraction of sp³-hybridized carbons (Fsp3) is 0.406. The number of carbonyl (C=O) groups excluding carboxylic acids is 8. The van der Waals surface area contributed by atoms with E-state index in [1.54, 1.807) is 0 Å². The first-order chi connectivity index (χ1) is 45.4. The predicted octanol–water partition coefficient (Wildman–Crippen LogP) is 6.51. The molecule has 0 saturated heterocycles. The van der Waals surface area contributed by atoms with Crippen LogP contribution in [-0.4, -0.2) is 205 Å². The standard InChI is InChI=1S/C64H70O31/c1-24(65)91-23-31(92-25(2)66)47(93-26(3)67)59-55-37(38-42(62(71)90-20)35(51(81-11)57(86-16)53(38)83-13)32-27(60(69)88-18)21-29(74-4)45(76-6)48(32)78-8)34-41(63(72)94-55)39(50(80-10)56(85-15)44(34)68)40-43(64(73)95-59)36(52(82-12)58(87-17)54(40)84-14)33-28(61(70)89-19)22-30(75-5)46(77-7)49(33)79-9/h21-22,31,37,47,55,59,68H,23H2,1-20H3/t31-,37-,47-,55+,59+/m1/s1. The second kappa shape index (κ2) is 29.6. The van der Waals surface area contributed by atoms with Crippen molar-refractivity contribution in [2.45, 2.75) is 51.1 Å². The van der Waals surface area contributed by atoms with Crippen LogP contribution >= 0.6 is 0 Å². The van der Waals surface area contributed by atoms with E-state index < -0.39 is 203 Å². The van der Waals surface area contributed by atoms with Crippen LogP contribution in [0.2, 0.25) is 0 Å². The highest BCUT2D eigenvalue weighted by molar-refractivity contribution is 6.17. The molecule has 5 aromatic rings. The summed E-state index contributed by atoms with van der Waals surface area (Å²) in [5.74, 6) is -18.5. The van der Waals surface area contributed by atoms with Gasteiger partial charge in [0.05, 0.1) is 155 Å². The van der Waals surface area contributed by atoms with Gasteiger partial charge in [-0.1, -0.05) is 0 Å². The van der Waals surface area contributed by atoms with Gasteiger partial charge in [-0.2, -0.15) is 0 Å². The van der Waals surface area contributed by atoms with Crippen molar-refractivity contribution in [3.63, 3.8) is 0 Å². The first-order valence-electron chi connectivity index (χ1n) is 28.0. The Hall–Kier alpha value is -11.1. The fourth-order valence-electron chi connectivity index (χ4n) is 11.9. The van der Waals surface area contributed by atoms with E-state index in [4.69, 9.17) is 104 Å². The molecule has 512 valence electrons. The number of phenolic OH excluding ortho intramolecular Hbond substituents is 1. The van der Waals surface area contributed by atoms with E-state index in [0.717, 1.165) is 99.0 Å². The summed E-state index contributed by atoms with van der Waals surface area (Å²) in [6.07, 6.45) is -9.49. The van der Waals surface area contributed by atoms with E-state index in [0.29, 0.717) is 0 Å². The number of rotatable bonds is 26.